The van der Waals surface area contributed by atoms with Gasteiger partial charge in [-0.15, -0.1) is 0 Å². The Kier molecular flexibility index (Phi) is 6.30. The highest BCUT2D eigenvalue weighted by Crippen LogP contribution is 2.22. The predicted octanol–water partition coefficient (Wildman–Crippen LogP) is 2.07. The molecule has 1 aromatic carbocycles. The number of carbonyl (C=O) groups excluding carboxylic acids is 2. The van der Waals surface area contributed by atoms with Crippen LogP contribution in [-0.2, 0) is 14.3 Å². The van der Waals surface area contributed by atoms with Gasteiger partial charge < -0.3 is 25.5 Å². The molecule has 1 amide bonds. The SMILES string of the molecule is CCOC(=O)COC1CCC(NC(=O)c2cc3ccc(C(=N)N)cc3[nH]2)CC1. The maximum atomic E-state index is 12.6. The van der Waals surface area contributed by atoms with E-state index >= 15 is 0 Å². The molecule has 5 N–H and O–H groups in total. The van der Waals surface area contributed by atoms with Crippen molar-refractivity contribution in [3.63, 3.8) is 0 Å². The molecule has 1 aliphatic carbocycles. The quantitative estimate of drug-likeness (QED) is 0.329. The summed E-state index contributed by atoms with van der Waals surface area (Å²) in [6.45, 7) is 2.10. The molecule has 8 nitrogen and oxygen atoms in total. The van der Waals surface area contributed by atoms with Crippen LogP contribution in [0.25, 0.3) is 10.9 Å². The van der Waals surface area contributed by atoms with Crippen LogP contribution in [0.2, 0.25) is 0 Å². The number of aromatic amines is 1. The summed E-state index contributed by atoms with van der Waals surface area (Å²) in [4.78, 5) is 27.0. The number of nitrogens with one attached hydrogen (secondary N) is 3. The molecule has 0 aliphatic heterocycles. The fraction of sp³-hybridized carbons (Fsp3) is 0.450. The van der Waals surface area contributed by atoms with Gasteiger partial charge in [-0.25, -0.2) is 4.79 Å². The van der Waals surface area contributed by atoms with E-state index in [0.717, 1.165) is 36.6 Å². The van der Waals surface area contributed by atoms with E-state index in [2.05, 4.69) is 10.3 Å². The standard InChI is InChI=1S/C20H26N4O4/c1-2-27-18(25)11-28-15-7-5-14(6-8-15)23-20(26)17-9-12-3-4-13(19(21)22)10-16(12)24-17/h3-4,9-10,14-15,24H,2,5-8,11H2,1H3,(H3,21,22)(H,23,26). The number of esters is 1. The van der Waals surface area contributed by atoms with Crippen LogP contribution in [0.1, 0.15) is 48.7 Å². The second kappa shape index (κ2) is 8.88. The first-order valence-corrected chi connectivity index (χ1v) is 9.51. The fourth-order valence-corrected chi connectivity index (χ4v) is 3.44. The third kappa shape index (κ3) is 4.89. The molecule has 1 aliphatic rings. The molecular weight excluding hydrogens is 360 g/mol. The van der Waals surface area contributed by atoms with E-state index < -0.39 is 0 Å². The van der Waals surface area contributed by atoms with Crippen molar-refractivity contribution in [3.05, 3.63) is 35.5 Å². The minimum absolute atomic E-state index is 0.00978. The Hall–Kier alpha value is -2.87. The van der Waals surface area contributed by atoms with E-state index in [1.165, 1.54) is 0 Å². The van der Waals surface area contributed by atoms with Crippen LogP contribution in [0, 0.1) is 5.41 Å². The van der Waals surface area contributed by atoms with Crippen molar-refractivity contribution >= 4 is 28.6 Å². The number of benzene rings is 1. The van der Waals surface area contributed by atoms with E-state index in [0.29, 0.717) is 17.9 Å². The largest absolute Gasteiger partial charge is 0.464 e. The Morgan fingerprint density at radius 1 is 1.25 bits per heavy atom. The van der Waals surface area contributed by atoms with Crippen molar-refractivity contribution in [2.45, 2.75) is 44.8 Å². The van der Waals surface area contributed by atoms with E-state index in [9.17, 15) is 9.59 Å². The Labute approximate surface area is 163 Å². The van der Waals surface area contributed by atoms with Crippen LogP contribution in [0.15, 0.2) is 24.3 Å². The lowest BCUT2D eigenvalue weighted by Crippen LogP contribution is -2.39. The summed E-state index contributed by atoms with van der Waals surface area (Å²) in [5.74, 6) is -0.509. The van der Waals surface area contributed by atoms with Gasteiger partial charge in [-0.1, -0.05) is 12.1 Å². The number of carbonyl (C=O) groups is 2. The molecule has 0 unspecified atom stereocenters. The van der Waals surface area contributed by atoms with Gasteiger partial charge in [0.15, 0.2) is 0 Å². The third-order valence-electron chi connectivity index (χ3n) is 4.93. The Morgan fingerprint density at radius 2 is 2.00 bits per heavy atom. The van der Waals surface area contributed by atoms with Crippen molar-refractivity contribution in [3.8, 4) is 0 Å². The average Bonchev–Trinajstić information content (AvgIpc) is 3.11. The molecule has 3 rings (SSSR count). The van der Waals surface area contributed by atoms with Crippen LogP contribution >= 0.6 is 0 Å². The number of hydrogen-bond acceptors (Lipinski definition) is 5. The van der Waals surface area contributed by atoms with E-state index in [-0.39, 0.29) is 36.5 Å². The van der Waals surface area contributed by atoms with E-state index in [1.807, 2.05) is 6.07 Å². The summed E-state index contributed by atoms with van der Waals surface area (Å²) >= 11 is 0. The zero-order valence-corrected chi connectivity index (χ0v) is 15.9. The molecule has 1 fully saturated rings. The molecule has 150 valence electrons. The Balaban J connectivity index is 1.51. The number of rotatable bonds is 7. The predicted molar refractivity (Wildman–Crippen MR) is 105 cm³/mol. The summed E-state index contributed by atoms with van der Waals surface area (Å²) < 4.78 is 10.4. The topological polar surface area (TPSA) is 130 Å². The zero-order valence-electron chi connectivity index (χ0n) is 15.9. The third-order valence-corrected chi connectivity index (χ3v) is 4.93. The minimum atomic E-state index is -0.343. The van der Waals surface area contributed by atoms with E-state index in [1.54, 1.807) is 25.1 Å². The number of nitrogens with two attached hydrogens (primary N) is 1. The van der Waals surface area contributed by atoms with Crippen LogP contribution in [0.3, 0.4) is 0 Å². The number of hydrogen-bond donors (Lipinski definition) is 4. The lowest BCUT2D eigenvalue weighted by Gasteiger charge is -2.28. The van der Waals surface area contributed by atoms with Gasteiger partial charge in [0.05, 0.1) is 12.7 Å². The highest BCUT2D eigenvalue weighted by Gasteiger charge is 2.24. The fourth-order valence-electron chi connectivity index (χ4n) is 3.44. The lowest BCUT2D eigenvalue weighted by molar-refractivity contribution is -0.151. The minimum Gasteiger partial charge on any atom is -0.464 e. The van der Waals surface area contributed by atoms with Crippen molar-refractivity contribution < 1.29 is 19.1 Å². The average molecular weight is 386 g/mol. The molecule has 28 heavy (non-hydrogen) atoms. The van der Waals surface area contributed by atoms with Crippen molar-refractivity contribution in [2.24, 2.45) is 5.73 Å². The van der Waals surface area contributed by atoms with E-state index in [4.69, 9.17) is 20.6 Å². The smallest absolute Gasteiger partial charge is 0.332 e. The summed E-state index contributed by atoms with van der Waals surface area (Å²) in [5.41, 5.74) is 7.38. The second-order valence-corrected chi connectivity index (χ2v) is 6.96. The van der Waals surface area contributed by atoms with Gasteiger partial charge in [0, 0.05) is 22.5 Å². The van der Waals surface area contributed by atoms with Crippen LogP contribution in [-0.4, -0.2) is 48.1 Å². The summed E-state index contributed by atoms with van der Waals surface area (Å²) in [6.07, 6.45) is 3.20. The Bertz CT molecular complexity index is 868. The molecule has 1 aromatic heterocycles. The molecule has 0 radical (unpaired) electrons. The number of H-pyrrole nitrogens is 1. The first kappa shape index (κ1) is 19.9. The maximum absolute atomic E-state index is 12.6. The molecule has 0 saturated heterocycles. The first-order valence-electron chi connectivity index (χ1n) is 9.51. The molecule has 2 aromatic rings. The monoisotopic (exact) mass is 386 g/mol. The van der Waals surface area contributed by atoms with Crippen LogP contribution in [0.4, 0.5) is 0 Å². The van der Waals surface area contributed by atoms with Gasteiger partial charge in [-0.3, -0.25) is 10.2 Å². The summed E-state index contributed by atoms with van der Waals surface area (Å²) in [7, 11) is 0. The molecule has 0 atom stereocenters. The molecule has 1 saturated carbocycles. The van der Waals surface area contributed by atoms with Gasteiger partial charge in [-0.2, -0.15) is 0 Å². The molecule has 0 spiro atoms. The highest BCUT2D eigenvalue weighted by atomic mass is 16.6. The maximum Gasteiger partial charge on any atom is 0.332 e. The first-order chi connectivity index (χ1) is 13.5. The number of ether oxygens (including phenoxy) is 2. The van der Waals surface area contributed by atoms with Gasteiger partial charge >= 0.3 is 5.97 Å². The zero-order chi connectivity index (χ0) is 20.1. The molecule has 0 bridgehead atoms. The summed E-state index contributed by atoms with van der Waals surface area (Å²) in [5, 5.41) is 11.5. The molecule has 1 heterocycles. The normalized spacial score (nSPS) is 19.3. The summed E-state index contributed by atoms with van der Waals surface area (Å²) in [6, 6.07) is 7.24. The number of fused-ring (bicyclic) bond motifs is 1. The van der Waals surface area contributed by atoms with Gasteiger partial charge in [0.1, 0.15) is 18.1 Å². The van der Waals surface area contributed by atoms with Crippen molar-refractivity contribution in [1.82, 2.24) is 10.3 Å². The molecular formula is C20H26N4O4. The van der Waals surface area contributed by atoms with Crippen molar-refractivity contribution in [2.75, 3.05) is 13.2 Å². The van der Waals surface area contributed by atoms with Gasteiger partial charge in [0.2, 0.25) is 0 Å². The van der Waals surface area contributed by atoms with Crippen molar-refractivity contribution in [1.29, 1.82) is 5.41 Å². The lowest BCUT2D eigenvalue weighted by atomic mass is 9.93. The second-order valence-electron chi connectivity index (χ2n) is 6.96. The van der Waals surface area contributed by atoms with Crippen LogP contribution < -0.4 is 11.1 Å². The number of aromatic nitrogens is 1. The highest BCUT2D eigenvalue weighted by molar-refractivity contribution is 6.01. The van der Waals surface area contributed by atoms with Crippen LogP contribution in [0.5, 0.6) is 0 Å². The number of amidine groups is 1. The Morgan fingerprint density at radius 3 is 2.68 bits per heavy atom. The van der Waals surface area contributed by atoms with Gasteiger partial charge in [0.25, 0.3) is 5.91 Å². The number of amides is 1. The number of nitrogen functional groups attached to an aromatic ring is 1. The molecule has 8 heteroatoms. The van der Waals surface area contributed by atoms with Gasteiger partial charge in [-0.05, 0) is 44.7 Å².